The van der Waals surface area contributed by atoms with Gasteiger partial charge in [0, 0.05) is 15.6 Å². The number of rotatable bonds is 2. The molecule has 2 aromatic rings. The number of aldehydes is 1. The SMILES string of the molecule is O=Cc1cc(CO)cc2sc(I)cc12. The average Bonchev–Trinajstić information content (AvgIpc) is 2.56. The summed E-state index contributed by atoms with van der Waals surface area (Å²) >= 11 is 3.86. The smallest absolute Gasteiger partial charge is 0.150 e. The van der Waals surface area contributed by atoms with Crippen LogP contribution in [-0.4, -0.2) is 11.4 Å². The van der Waals surface area contributed by atoms with Crippen LogP contribution in [0.15, 0.2) is 18.2 Å². The van der Waals surface area contributed by atoms with Crippen LogP contribution in [0.1, 0.15) is 15.9 Å². The molecule has 1 aromatic carbocycles. The lowest BCUT2D eigenvalue weighted by molar-refractivity contribution is 0.112. The Hall–Kier alpha value is -0.460. The summed E-state index contributed by atoms with van der Waals surface area (Å²) in [5.41, 5.74) is 1.45. The number of fused-ring (bicyclic) bond motifs is 1. The lowest BCUT2D eigenvalue weighted by Crippen LogP contribution is -1.87. The van der Waals surface area contributed by atoms with Gasteiger partial charge in [0.15, 0.2) is 6.29 Å². The minimum atomic E-state index is -0.0226. The first-order chi connectivity index (χ1) is 6.74. The lowest BCUT2D eigenvalue weighted by Gasteiger charge is -1.99. The van der Waals surface area contributed by atoms with Crippen molar-refractivity contribution in [1.29, 1.82) is 0 Å². The number of hydrogen-bond acceptors (Lipinski definition) is 3. The number of carbonyl (C=O) groups excluding carboxylic acids is 1. The molecule has 2 nitrogen and oxygen atoms in total. The van der Waals surface area contributed by atoms with Crippen molar-refractivity contribution in [2.75, 3.05) is 0 Å². The van der Waals surface area contributed by atoms with E-state index in [9.17, 15) is 4.79 Å². The normalized spacial score (nSPS) is 10.7. The van der Waals surface area contributed by atoms with Crippen molar-refractivity contribution in [3.8, 4) is 0 Å². The van der Waals surface area contributed by atoms with E-state index < -0.39 is 0 Å². The number of hydrogen-bond donors (Lipinski definition) is 1. The molecule has 2 rings (SSSR count). The standard InChI is InChI=1S/C10H7IO2S/c11-10-3-8-7(5-13)1-6(4-12)2-9(8)14-10/h1-3,5,12H,4H2. The zero-order valence-electron chi connectivity index (χ0n) is 7.16. The molecule has 0 aliphatic rings. The van der Waals surface area contributed by atoms with Crippen LogP contribution in [-0.2, 0) is 6.61 Å². The third kappa shape index (κ3) is 1.69. The monoisotopic (exact) mass is 318 g/mol. The highest BCUT2D eigenvalue weighted by molar-refractivity contribution is 14.1. The molecule has 1 N–H and O–H groups in total. The summed E-state index contributed by atoms with van der Waals surface area (Å²) in [4.78, 5) is 10.8. The summed E-state index contributed by atoms with van der Waals surface area (Å²) in [6.07, 6.45) is 0.838. The molecule has 0 aliphatic carbocycles. The summed E-state index contributed by atoms with van der Waals surface area (Å²) in [7, 11) is 0. The topological polar surface area (TPSA) is 37.3 Å². The fourth-order valence-corrected chi connectivity index (χ4v) is 3.29. The van der Waals surface area contributed by atoms with E-state index in [4.69, 9.17) is 5.11 Å². The third-order valence-electron chi connectivity index (χ3n) is 2.01. The van der Waals surface area contributed by atoms with E-state index in [0.717, 1.165) is 24.8 Å². The van der Waals surface area contributed by atoms with Crippen molar-refractivity contribution < 1.29 is 9.90 Å². The highest BCUT2D eigenvalue weighted by Crippen LogP contribution is 2.30. The van der Waals surface area contributed by atoms with Gasteiger partial charge in [0.05, 0.1) is 9.49 Å². The summed E-state index contributed by atoms with van der Waals surface area (Å²) in [5.74, 6) is 0. The van der Waals surface area contributed by atoms with Gasteiger partial charge < -0.3 is 5.11 Å². The molecule has 14 heavy (non-hydrogen) atoms. The van der Waals surface area contributed by atoms with Crippen molar-refractivity contribution >= 4 is 50.3 Å². The zero-order valence-corrected chi connectivity index (χ0v) is 10.1. The second-order valence-electron chi connectivity index (χ2n) is 2.92. The van der Waals surface area contributed by atoms with E-state index in [2.05, 4.69) is 22.6 Å². The Morgan fingerprint density at radius 2 is 2.21 bits per heavy atom. The average molecular weight is 318 g/mol. The van der Waals surface area contributed by atoms with Crippen molar-refractivity contribution in [3.05, 3.63) is 32.2 Å². The van der Waals surface area contributed by atoms with E-state index >= 15 is 0 Å². The molecule has 0 unspecified atom stereocenters. The first-order valence-electron chi connectivity index (χ1n) is 4.02. The van der Waals surface area contributed by atoms with Crippen molar-refractivity contribution in [1.82, 2.24) is 0 Å². The predicted octanol–water partition coefficient (Wildman–Crippen LogP) is 2.81. The van der Waals surface area contributed by atoms with Gasteiger partial charge in [0.25, 0.3) is 0 Å². The van der Waals surface area contributed by atoms with Crippen molar-refractivity contribution in [2.45, 2.75) is 6.61 Å². The number of aliphatic hydroxyl groups excluding tert-OH is 1. The van der Waals surface area contributed by atoms with Crippen LogP contribution < -0.4 is 0 Å². The third-order valence-corrected chi connectivity index (χ3v) is 3.85. The molecule has 0 aliphatic heterocycles. The molecule has 72 valence electrons. The Labute approximate surface area is 98.7 Å². The fraction of sp³-hybridized carbons (Fsp3) is 0.100. The Morgan fingerprint density at radius 3 is 2.86 bits per heavy atom. The zero-order chi connectivity index (χ0) is 10.1. The minimum Gasteiger partial charge on any atom is -0.392 e. The van der Waals surface area contributed by atoms with Gasteiger partial charge in [0.2, 0.25) is 0 Å². The van der Waals surface area contributed by atoms with Crippen LogP contribution in [0, 0.1) is 2.88 Å². The molecule has 0 saturated carbocycles. The summed E-state index contributed by atoms with van der Waals surface area (Å²) in [5, 5.41) is 9.99. The first-order valence-corrected chi connectivity index (χ1v) is 5.92. The number of halogens is 1. The fourth-order valence-electron chi connectivity index (χ4n) is 1.38. The van der Waals surface area contributed by atoms with Crippen LogP contribution in [0.4, 0.5) is 0 Å². The van der Waals surface area contributed by atoms with Gasteiger partial charge in [-0.1, -0.05) is 0 Å². The van der Waals surface area contributed by atoms with Crippen LogP contribution in [0.3, 0.4) is 0 Å². The second-order valence-corrected chi connectivity index (χ2v) is 5.90. The molecule has 1 aromatic heterocycles. The second kappa shape index (κ2) is 3.96. The van der Waals surface area contributed by atoms with Crippen molar-refractivity contribution in [3.63, 3.8) is 0 Å². The summed E-state index contributed by atoms with van der Waals surface area (Å²) in [6, 6.07) is 5.65. The Morgan fingerprint density at radius 1 is 1.43 bits per heavy atom. The Kier molecular flexibility index (Phi) is 2.85. The molecule has 0 radical (unpaired) electrons. The van der Waals surface area contributed by atoms with E-state index in [1.54, 1.807) is 17.4 Å². The van der Waals surface area contributed by atoms with Gasteiger partial charge in [-0.2, -0.15) is 0 Å². The maximum absolute atomic E-state index is 10.8. The molecule has 1 heterocycles. The quantitative estimate of drug-likeness (QED) is 0.683. The molecule has 0 saturated heterocycles. The van der Waals surface area contributed by atoms with E-state index in [-0.39, 0.29) is 6.61 Å². The first kappa shape index (κ1) is 10.1. The van der Waals surface area contributed by atoms with Crippen LogP contribution in [0.5, 0.6) is 0 Å². The van der Waals surface area contributed by atoms with Gasteiger partial charge >= 0.3 is 0 Å². The number of thiophene rings is 1. The Balaban J connectivity index is 2.78. The van der Waals surface area contributed by atoms with Gasteiger partial charge in [-0.05, 0) is 46.4 Å². The number of carbonyl (C=O) groups is 1. The maximum atomic E-state index is 10.8. The number of benzene rings is 1. The largest absolute Gasteiger partial charge is 0.392 e. The molecule has 0 amide bonds. The van der Waals surface area contributed by atoms with Gasteiger partial charge in [-0.3, -0.25) is 4.79 Å². The highest BCUT2D eigenvalue weighted by Gasteiger charge is 2.06. The molecular formula is C10H7IO2S. The molecule has 0 bridgehead atoms. The number of aliphatic hydroxyl groups is 1. The van der Waals surface area contributed by atoms with E-state index in [1.165, 1.54) is 0 Å². The summed E-state index contributed by atoms with van der Waals surface area (Å²) < 4.78 is 2.21. The molecular weight excluding hydrogens is 311 g/mol. The van der Waals surface area contributed by atoms with E-state index in [1.807, 2.05) is 12.1 Å². The van der Waals surface area contributed by atoms with Gasteiger partial charge in [0.1, 0.15) is 0 Å². The van der Waals surface area contributed by atoms with Crippen LogP contribution in [0.25, 0.3) is 10.1 Å². The van der Waals surface area contributed by atoms with Crippen molar-refractivity contribution in [2.24, 2.45) is 0 Å². The maximum Gasteiger partial charge on any atom is 0.150 e. The summed E-state index contributed by atoms with van der Waals surface area (Å²) in [6.45, 7) is -0.0226. The van der Waals surface area contributed by atoms with Crippen LogP contribution in [0.2, 0.25) is 0 Å². The molecule has 0 spiro atoms. The van der Waals surface area contributed by atoms with Crippen LogP contribution >= 0.6 is 33.9 Å². The minimum absolute atomic E-state index is 0.0226. The van der Waals surface area contributed by atoms with Gasteiger partial charge in [-0.25, -0.2) is 0 Å². The predicted molar refractivity (Wildman–Crippen MR) is 65.9 cm³/mol. The van der Waals surface area contributed by atoms with Gasteiger partial charge in [-0.15, -0.1) is 11.3 Å². The molecule has 4 heteroatoms. The van der Waals surface area contributed by atoms with E-state index in [0.29, 0.717) is 5.56 Å². The molecule has 0 fully saturated rings. The molecule has 0 atom stereocenters. The Bertz CT molecular complexity index is 490. The highest BCUT2D eigenvalue weighted by atomic mass is 127. The lowest BCUT2D eigenvalue weighted by atomic mass is 10.1.